The normalized spacial score (nSPS) is 10.9. The van der Waals surface area contributed by atoms with Crippen LogP contribution in [0.5, 0.6) is 5.75 Å². The summed E-state index contributed by atoms with van der Waals surface area (Å²) in [5.41, 5.74) is 2.11. The number of aryl methyl sites for hydroxylation is 1. The summed E-state index contributed by atoms with van der Waals surface area (Å²) < 4.78 is 7.70. The predicted molar refractivity (Wildman–Crippen MR) is 81.5 cm³/mol. The molecule has 0 bridgehead atoms. The van der Waals surface area contributed by atoms with E-state index in [1.54, 1.807) is 18.0 Å². The van der Waals surface area contributed by atoms with Crippen molar-refractivity contribution in [3.05, 3.63) is 45.7 Å². The number of hydrogen-bond acceptors (Lipinski definition) is 3. The maximum atomic E-state index is 12.8. The molecule has 0 aliphatic carbocycles. The zero-order valence-electron chi connectivity index (χ0n) is 12.0. The van der Waals surface area contributed by atoms with E-state index in [1.165, 1.54) is 0 Å². The molecule has 0 saturated heterocycles. The third kappa shape index (κ3) is 2.63. The van der Waals surface area contributed by atoms with Gasteiger partial charge in [0.2, 0.25) is 5.78 Å². The first kappa shape index (κ1) is 14.8. The van der Waals surface area contributed by atoms with Gasteiger partial charge in [-0.2, -0.15) is 5.10 Å². The number of nitrogens with zero attached hydrogens (tertiary/aromatic N) is 2. The van der Waals surface area contributed by atoms with E-state index in [2.05, 4.69) is 21.0 Å². The van der Waals surface area contributed by atoms with Gasteiger partial charge in [0.05, 0.1) is 23.3 Å². The molecule has 0 amide bonds. The van der Waals surface area contributed by atoms with Gasteiger partial charge in [-0.15, -0.1) is 0 Å². The minimum Gasteiger partial charge on any atom is -0.496 e. The Balaban J connectivity index is 2.57. The Morgan fingerprint density at radius 3 is 2.70 bits per heavy atom. The number of carbonyl (C=O) groups excluding carboxylic acids is 1. The van der Waals surface area contributed by atoms with Crippen LogP contribution in [0.3, 0.4) is 0 Å². The Labute approximate surface area is 126 Å². The van der Waals surface area contributed by atoms with Crippen LogP contribution >= 0.6 is 15.9 Å². The van der Waals surface area contributed by atoms with Crippen LogP contribution in [0.2, 0.25) is 0 Å². The number of halogens is 1. The maximum absolute atomic E-state index is 12.8. The number of rotatable bonds is 4. The van der Waals surface area contributed by atoms with Crippen molar-refractivity contribution in [1.82, 2.24) is 9.78 Å². The molecule has 5 heteroatoms. The molecule has 0 radical (unpaired) electrons. The van der Waals surface area contributed by atoms with Crippen LogP contribution in [0.1, 0.15) is 41.5 Å². The predicted octanol–water partition coefficient (Wildman–Crippen LogP) is 3.77. The largest absolute Gasteiger partial charge is 0.496 e. The Kier molecular flexibility index (Phi) is 4.28. The fourth-order valence-corrected chi connectivity index (χ4v) is 2.53. The molecule has 0 N–H and O–H groups in total. The average molecular weight is 337 g/mol. The zero-order chi connectivity index (χ0) is 14.9. The summed E-state index contributed by atoms with van der Waals surface area (Å²) >= 11 is 3.40. The molecule has 0 fully saturated rings. The average Bonchev–Trinajstić information content (AvgIpc) is 2.80. The fourth-order valence-electron chi connectivity index (χ4n) is 2.07. The highest BCUT2D eigenvalue weighted by atomic mass is 79.9. The first-order valence-corrected chi connectivity index (χ1v) is 7.17. The van der Waals surface area contributed by atoms with E-state index in [9.17, 15) is 4.79 Å². The Hall–Kier alpha value is -1.62. The molecular formula is C15H17BrN2O2. The molecule has 1 heterocycles. The maximum Gasteiger partial charge on any atom is 0.215 e. The molecule has 0 atom stereocenters. The standard InChI is InChI=1S/C15H17BrN2O2/c1-9(2)18-14(12(16)8-17-18)15(19)11-7-10(3)5-6-13(11)20-4/h5-9H,1-4H3. The summed E-state index contributed by atoms with van der Waals surface area (Å²) in [5.74, 6) is 0.479. The lowest BCUT2D eigenvalue weighted by atomic mass is 10.0. The number of ether oxygens (including phenoxy) is 1. The van der Waals surface area contributed by atoms with Crippen molar-refractivity contribution in [2.24, 2.45) is 0 Å². The number of hydrogen-bond donors (Lipinski definition) is 0. The number of methoxy groups -OCH3 is 1. The smallest absolute Gasteiger partial charge is 0.215 e. The van der Waals surface area contributed by atoms with Crippen LogP contribution in [-0.4, -0.2) is 22.7 Å². The van der Waals surface area contributed by atoms with Crippen molar-refractivity contribution in [1.29, 1.82) is 0 Å². The molecule has 2 aromatic rings. The monoisotopic (exact) mass is 336 g/mol. The van der Waals surface area contributed by atoms with Gasteiger partial charge in [-0.3, -0.25) is 9.48 Å². The van der Waals surface area contributed by atoms with Crippen molar-refractivity contribution < 1.29 is 9.53 Å². The molecule has 0 unspecified atom stereocenters. The first-order valence-electron chi connectivity index (χ1n) is 6.38. The highest BCUT2D eigenvalue weighted by molar-refractivity contribution is 9.10. The molecule has 20 heavy (non-hydrogen) atoms. The molecule has 0 aliphatic heterocycles. The second-order valence-corrected chi connectivity index (χ2v) is 5.77. The topological polar surface area (TPSA) is 44.1 Å². The molecule has 1 aromatic carbocycles. The van der Waals surface area contributed by atoms with Crippen LogP contribution in [0.4, 0.5) is 0 Å². The van der Waals surface area contributed by atoms with Crippen LogP contribution < -0.4 is 4.74 Å². The third-order valence-electron chi connectivity index (χ3n) is 3.05. The number of benzene rings is 1. The number of aromatic nitrogens is 2. The number of ketones is 1. The third-order valence-corrected chi connectivity index (χ3v) is 3.63. The summed E-state index contributed by atoms with van der Waals surface area (Å²) in [6.45, 7) is 5.93. The number of carbonyl (C=O) groups is 1. The van der Waals surface area contributed by atoms with E-state index < -0.39 is 0 Å². The summed E-state index contributed by atoms with van der Waals surface area (Å²) in [7, 11) is 1.57. The fraction of sp³-hybridized carbons (Fsp3) is 0.333. The van der Waals surface area contributed by atoms with Gasteiger partial charge in [0.1, 0.15) is 11.4 Å². The summed E-state index contributed by atoms with van der Waals surface area (Å²) in [4.78, 5) is 12.8. The van der Waals surface area contributed by atoms with Gasteiger partial charge >= 0.3 is 0 Å². The molecule has 106 valence electrons. The molecule has 0 aliphatic rings. The van der Waals surface area contributed by atoms with E-state index in [0.717, 1.165) is 5.56 Å². The van der Waals surface area contributed by atoms with Gasteiger partial charge in [0.25, 0.3) is 0 Å². The van der Waals surface area contributed by atoms with Gasteiger partial charge in [0, 0.05) is 6.04 Å². The lowest BCUT2D eigenvalue weighted by Crippen LogP contribution is -2.14. The summed E-state index contributed by atoms with van der Waals surface area (Å²) in [5, 5.41) is 4.25. The van der Waals surface area contributed by atoms with Crippen LogP contribution in [0.25, 0.3) is 0 Å². The van der Waals surface area contributed by atoms with Crippen LogP contribution in [0, 0.1) is 6.92 Å². The van der Waals surface area contributed by atoms with Crippen molar-refractivity contribution in [3.8, 4) is 5.75 Å². The highest BCUT2D eigenvalue weighted by Crippen LogP contribution is 2.27. The summed E-state index contributed by atoms with van der Waals surface area (Å²) in [6.07, 6.45) is 1.65. The van der Waals surface area contributed by atoms with Gasteiger partial charge in [-0.05, 0) is 48.8 Å². The molecule has 1 aromatic heterocycles. The highest BCUT2D eigenvalue weighted by Gasteiger charge is 2.23. The Morgan fingerprint density at radius 2 is 2.10 bits per heavy atom. The zero-order valence-corrected chi connectivity index (χ0v) is 13.6. The quantitative estimate of drug-likeness (QED) is 0.798. The van der Waals surface area contributed by atoms with Gasteiger partial charge in [-0.1, -0.05) is 11.6 Å². The minimum absolute atomic E-state index is 0.0939. The molecule has 0 saturated carbocycles. The van der Waals surface area contributed by atoms with Gasteiger partial charge in [-0.25, -0.2) is 0 Å². The van der Waals surface area contributed by atoms with E-state index in [0.29, 0.717) is 21.5 Å². The second-order valence-electron chi connectivity index (χ2n) is 4.91. The van der Waals surface area contributed by atoms with E-state index >= 15 is 0 Å². The van der Waals surface area contributed by atoms with Crippen molar-refractivity contribution in [2.75, 3.05) is 7.11 Å². The molecule has 0 spiro atoms. The second kappa shape index (κ2) is 5.79. The van der Waals surface area contributed by atoms with Crippen LogP contribution in [-0.2, 0) is 0 Å². The van der Waals surface area contributed by atoms with E-state index in [1.807, 2.05) is 39.0 Å². The molecule has 4 nitrogen and oxygen atoms in total. The Morgan fingerprint density at radius 1 is 1.40 bits per heavy atom. The lowest BCUT2D eigenvalue weighted by Gasteiger charge is -2.13. The van der Waals surface area contributed by atoms with E-state index in [-0.39, 0.29) is 11.8 Å². The minimum atomic E-state index is -0.0939. The lowest BCUT2D eigenvalue weighted by molar-refractivity contribution is 0.102. The van der Waals surface area contributed by atoms with Gasteiger partial charge < -0.3 is 4.74 Å². The SMILES string of the molecule is COc1ccc(C)cc1C(=O)c1c(Br)cnn1C(C)C. The Bertz CT molecular complexity index is 647. The van der Waals surface area contributed by atoms with Gasteiger partial charge in [0.15, 0.2) is 0 Å². The summed E-state index contributed by atoms with van der Waals surface area (Å²) in [6, 6.07) is 5.68. The van der Waals surface area contributed by atoms with Crippen molar-refractivity contribution in [2.45, 2.75) is 26.8 Å². The molecular weight excluding hydrogens is 320 g/mol. The first-order chi connectivity index (χ1) is 9.45. The van der Waals surface area contributed by atoms with Crippen LogP contribution in [0.15, 0.2) is 28.9 Å². The molecule has 2 rings (SSSR count). The van der Waals surface area contributed by atoms with E-state index in [4.69, 9.17) is 4.74 Å². The van der Waals surface area contributed by atoms with Crippen molar-refractivity contribution >= 4 is 21.7 Å². The van der Waals surface area contributed by atoms with Crippen molar-refractivity contribution in [3.63, 3.8) is 0 Å².